The molecule has 1 saturated heterocycles. The molecule has 1 atom stereocenters. The summed E-state index contributed by atoms with van der Waals surface area (Å²) in [6.07, 6.45) is 3.10. The lowest BCUT2D eigenvalue weighted by Gasteiger charge is -2.30. The summed E-state index contributed by atoms with van der Waals surface area (Å²) < 4.78 is 31.8. The van der Waals surface area contributed by atoms with Crippen LogP contribution < -0.4 is 9.47 Å². The number of carbonyl (C=O) groups is 1. The number of aryl methyl sites for hydroxylation is 2. The maximum atomic E-state index is 13.3. The molecule has 1 aliphatic rings. The zero-order valence-corrected chi connectivity index (χ0v) is 22.0. The minimum atomic E-state index is -0.248. The van der Waals surface area contributed by atoms with E-state index in [0.29, 0.717) is 53.7 Å². The molecule has 194 valence electrons. The molecule has 0 radical (unpaired) electrons. The number of oxazole rings is 1. The number of hydrogen-bond acceptors (Lipinski definition) is 6. The van der Waals surface area contributed by atoms with Crippen molar-refractivity contribution in [1.29, 1.82) is 0 Å². The van der Waals surface area contributed by atoms with Crippen LogP contribution in [0, 0.1) is 25.6 Å². The molecule has 6 nitrogen and oxygen atoms in total. The molecule has 1 fully saturated rings. The van der Waals surface area contributed by atoms with Crippen LogP contribution in [0.4, 0.5) is 4.39 Å². The molecule has 0 amide bonds. The number of hydrogen-bond donors (Lipinski definition) is 0. The third-order valence-electron chi connectivity index (χ3n) is 7.22. The van der Waals surface area contributed by atoms with Crippen molar-refractivity contribution < 1.29 is 23.1 Å². The van der Waals surface area contributed by atoms with Crippen LogP contribution in [0.1, 0.15) is 73.3 Å². The van der Waals surface area contributed by atoms with Crippen LogP contribution in [0.25, 0.3) is 11.1 Å². The number of halogens is 1. The van der Waals surface area contributed by atoms with Crippen LogP contribution in [0.15, 0.2) is 28.7 Å². The molecule has 7 heteroatoms. The normalized spacial score (nSPS) is 15.8. The maximum absolute atomic E-state index is 13.3. The molecule has 36 heavy (non-hydrogen) atoms. The zero-order chi connectivity index (χ0) is 25.8. The lowest BCUT2D eigenvalue weighted by atomic mass is 9.98. The summed E-state index contributed by atoms with van der Waals surface area (Å²) >= 11 is 0. The fourth-order valence-corrected chi connectivity index (χ4v) is 4.89. The van der Waals surface area contributed by atoms with Crippen LogP contribution in [0.3, 0.4) is 0 Å². The highest BCUT2D eigenvalue weighted by atomic mass is 19.1. The molecular weight excluding hydrogens is 459 g/mol. The topological polar surface area (TPSA) is 64.8 Å². The molecule has 4 rings (SSSR count). The second kappa shape index (κ2) is 11.4. The van der Waals surface area contributed by atoms with Crippen LogP contribution >= 0.6 is 0 Å². The number of fused-ring (bicyclic) bond motifs is 1. The Morgan fingerprint density at radius 3 is 2.47 bits per heavy atom. The minimum Gasteiger partial charge on any atom is -0.487 e. The van der Waals surface area contributed by atoms with Crippen molar-refractivity contribution in [2.75, 3.05) is 32.8 Å². The SMILES string of the molecule is CC(=O)c1c(OCCN2CCC(C)CC2)c(OCCC(C)c2ccc(F)cc2)c2oc(C)nc2c1C. The van der Waals surface area contributed by atoms with Gasteiger partial charge in [-0.25, -0.2) is 9.37 Å². The molecule has 0 N–H and O–H groups in total. The zero-order valence-electron chi connectivity index (χ0n) is 22.0. The van der Waals surface area contributed by atoms with E-state index < -0.39 is 0 Å². The maximum Gasteiger partial charge on any atom is 0.207 e. The van der Waals surface area contributed by atoms with E-state index in [-0.39, 0.29) is 17.5 Å². The van der Waals surface area contributed by atoms with E-state index in [1.54, 1.807) is 26.0 Å². The van der Waals surface area contributed by atoms with Gasteiger partial charge in [0.25, 0.3) is 0 Å². The van der Waals surface area contributed by atoms with E-state index in [1.807, 2.05) is 6.92 Å². The van der Waals surface area contributed by atoms with Crippen molar-refractivity contribution in [3.05, 3.63) is 52.7 Å². The Hall–Kier alpha value is -2.93. The van der Waals surface area contributed by atoms with Crippen LogP contribution in [-0.2, 0) is 0 Å². The van der Waals surface area contributed by atoms with Crippen molar-refractivity contribution in [1.82, 2.24) is 9.88 Å². The summed E-state index contributed by atoms with van der Waals surface area (Å²) in [4.78, 5) is 19.7. The smallest absolute Gasteiger partial charge is 0.207 e. The second-order valence-corrected chi connectivity index (χ2v) is 10.1. The molecule has 0 bridgehead atoms. The number of carbonyl (C=O) groups excluding carboxylic acids is 1. The monoisotopic (exact) mass is 496 g/mol. The van der Waals surface area contributed by atoms with E-state index in [0.717, 1.165) is 36.7 Å². The number of likely N-dealkylation sites (tertiary alicyclic amines) is 1. The van der Waals surface area contributed by atoms with Gasteiger partial charge in [0.2, 0.25) is 11.3 Å². The summed E-state index contributed by atoms with van der Waals surface area (Å²) in [7, 11) is 0. The molecule has 2 aromatic carbocycles. The molecule has 1 aromatic heterocycles. The van der Waals surface area contributed by atoms with Crippen molar-refractivity contribution in [3.63, 3.8) is 0 Å². The molecule has 1 unspecified atom stereocenters. The number of piperidine rings is 1. The molecule has 1 aliphatic heterocycles. The number of Topliss-reactive ketones (excluding diaryl/α,β-unsaturated/α-hetero) is 1. The van der Waals surface area contributed by atoms with Gasteiger partial charge in [-0.15, -0.1) is 0 Å². The Morgan fingerprint density at radius 1 is 1.14 bits per heavy atom. The average Bonchev–Trinajstić information content (AvgIpc) is 3.24. The first kappa shape index (κ1) is 26.1. The Balaban J connectivity index is 1.57. The van der Waals surface area contributed by atoms with Crippen molar-refractivity contribution in [2.24, 2.45) is 5.92 Å². The van der Waals surface area contributed by atoms with Crippen LogP contribution in [0.2, 0.25) is 0 Å². The lowest BCUT2D eigenvalue weighted by Crippen LogP contribution is -2.35. The van der Waals surface area contributed by atoms with Gasteiger partial charge in [-0.05, 0) is 81.3 Å². The van der Waals surface area contributed by atoms with Gasteiger partial charge in [0.1, 0.15) is 17.9 Å². The minimum absolute atomic E-state index is 0.0959. The van der Waals surface area contributed by atoms with Gasteiger partial charge in [0, 0.05) is 13.5 Å². The Labute approximate surface area is 212 Å². The van der Waals surface area contributed by atoms with E-state index in [1.165, 1.54) is 25.0 Å². The predicted octanol–water partition coefficient (Wildman–Crippen LogP) is 6.47. The first-order valence-corrected chi connectivity index (χ1v) is 12.9. The van der Waals surface area contributed by atoms with Gasteiger partial charge < -0.3 is 13.9 Å². The number of nitrogens with zero attached hydrogens (tertiary/aromatic N) is 2. The average molecular weight is 497 g/mol. The quantitative estimate of drug-likeness (QED) is 0.300. The highest BCUT2D eigenvalue weighted by molar-refractivity contribution is 6.05. The lowest BCUT2D eigenvalue weighted by molar-refractivity contribution is 0.101. The first-order chi connectivity index (χ1) is 17.2. The van der Waals surface area contributed by atoms with Crippen LogP contribution in [0.5, 0.6) is 11.5 Å². The Bertz CT molecular complexity index is 1200. The third-order valence-corrected chi connectivity index (χ3v) is 7.22. The molecule has 2 heterocycles. The van der Waals surface area contributed by atoms with Gasteiger partial charge in [-0.1, -0.05) is 26.0 Å². The van der Waals surface area contributed by atoms with Crippen LogP contribution in [-0.4, -0.2) is 48.5 Å². The predicted molar refractivity (Wildman–Crippen MR) is 139 cm³/mol. The number of ketones is 1. The summed E-state index contributed by atoms with van der Waals surface area (Å²) in [6.45, 7) is 13.3. The molecule has 3 aromatic rings. The molecule has 0 saturated carbocycles. The Morgan fingerprint density at radius 2 is 1.81 bits per heavy atom. The third kappa shape index (κ3) is 5.89. The summed E-state index contributed by atoms with van der Waals surface area (Å²) in [6, 6.07) is 6.55. The number of benzene rings is 2. The summed E-state index contributed by atoms with van der Waals surface area (Å²) in [5.41, 5.74) is 3.40. The van der Waals surface area contributed by atoms with E-state index >= 15 is 0 Å². The molecule has 0 aliphatic carbocycles. The van der Waals surface area contributed by atoms with E-state index in [4.69, 9.17) is 13.9 Å². The van der Waals surface area contributed by atoms with Crippen molar-refractivity contribution >= 4 is 16.9 Å². The van der Waals surface area contributed by atoms with Gasteiger partial charge in [0.05, 0.1) is 12.2 Å². The van der Waals surface area contributed by atoms with Crippen molar-refractivity contribution in [3.8, 4) is 11.5 Å². The summed E-state index contributed by atoms with van der Waals surface area (Å²) in [5.74, 6) is 1.96. The largest absolute Gasteiger partial charge is 0.487 e. The first-order valence-electron chi connectivity index (χ1n) is 12.9. The fourth-order valence-electron chi connectivity index (χ4n) is 4.89. The summed E-state index contributed by atoms with van der Waals surface area (Å²) in [5, 5.41) is 0. The van der Waals surface area contributed by atoms with E-state index in [2.05, 4.69) is 23.7 Å². The fraction of sp³-hybridized carbons (Fsp3) is 0.517. The number of ether oxygens (including phenoxy) is 2. The van der Waals surface area contributed by atoms with Gasteiger partial charge in [0.15, 0.2) is 17.4 Å². The highest BCUT2D eigenvalue weighted by Crippen LogP contribution is 2.43. The Kier molecular flexibility index (Phi) is 8.29. The molecular formula is C29H37FN2O4. The molecule has 0 spiro atoms. The van der Waals surface area contributed by atoms with E-state index in [9.17, 15) is 9.18 Å². The standard InChI is InChI=1S/C29H37FN2O4/c1-18-10-13-32(14-11-18)15-17-35-27-25(21(4)33)20(3)26-28(36-22(5)31-26)29(27)34-16-12-19(2)23-6-8-24(30)9-7-23/h6-9,18-19H,10-17H2,1-5H3. The van der Waals surface area contributed by atoms with Crippen molar-refractivity contribution in [2.45, 2.75) is 59.8 Å². The van der Waals surface area contributed by atoms with Gasteiger partial charge >= 0.3 is 0 Å². The second-order valence-electron chi connectivity index (χ2n) is 10.1. The number of aromatic nitrogens is 1. The number of rotatable bonds is 10. The van der Waals surface area contributed by atoms with Gasteiger partial charge in [-0.3, -0.25) is 9.69 Å². The highest BCUT2D eigenvalue weighted by Gasteiger charge is 2.27. The van der Waals surface area contributed by atoms with Gasteiger partial charge in [-0.2, -0.15) is 0 Å².